The van der Waals surface area contributed by atoms with Gasteiger partial charge in [0, 0.05) is 23.2 Å². The summed E-state index contributed by atoms with van der Waals surface area (Å²) < 4.78 is 17.8. The van der Waals surface area contributed by atoms with Gasteiger partial charge in [-0.1, -0.05) is 72.8 Å². The number of nitrogens with one attached hydrogen (secondary N) is 1. The van der Waals surface area contributed by atoms with Gasteiger partial charge in [-0.05, 0) is 72.8 Å². The largest absolute Gasteiger partial charge is 0.496 e. The van der Waals surface area contributed by atoms with Crippen LogP contribution in [0, 0.1) is 5.92 Å². The molecule has 4 aromatic rings. The number of piperidine rings is 3. The van der Waals surface area contributed by atoms with Crippen LogP contribution in [0.4, 0.5) is 4.79 Å². The van der Waals surface area contributed by atoms with Crippen molar-refractivity contribution in [2.45, 2.75) is 31.6 Å². The second kappa shape index (κ2) is 13.1. The van der Waals surface area contributed by atoms with E-state index in [0.717, 1.165) is 66.6 Å². The molecule has 1 N–H and O–H groups in total. The average molecular weight is 577 g/mol. The number of nitrogens with zero attached hydrogens (tertiary/aromatic N) is 1. The minimum absolute atomic E-state index is 0.0779. The van der Waals surface area contributed by atoms with Crippen molar-refractivity contribution in [2.75, 3.05) is 26.7 Å². The second-order valence-electron chi connectivity index (χ2n) is 11.2. The molecule has 220 valence electrons. The number of ether oxygens (including phenoxy) is 3. The molecule has 0 saturated carbocycles. The molecule has 7 rings (SSSR count). The Balaban J connectivity index is 1.20. The van der Waals surface area contributed by atoms with E-state index in [-0.39, 0.29) is 12.7 Å². The molecule has 0 radical (unpaired) electrons. The molecule has 2 bridgehead atoms. The van der Waals surface area contributed by atoms with Crippen LogP contribution in [0.25, 0.3) is 11.1 Å². The summed E-state index contributed by atoms with van der Waals surface area (Å²) in [5.41, 5.74) is 4.87. The van der Waals surface area contributed by atoms with Gasteiger partial charge in [-0.3, -0.25) is 9.69 Å². The lowest BCUT2D eigenvalue weighted by atomic mass is 9.86. The fourth-order valence-corrected chi connectivity index (χ4v) is 6.17. The molecule has 1 amide bonds. The van der Waals surface area contributed by atoms with Crippen LogP contribution in [-0.2, 0) is 11.3 Å². The summed E-state index contributed by atoms with van der Waals surface area (Å²) in [6.07, 6.45) is 2.50. The summed E-state index contributed by atoms with van der Waals surface area (Å²) in [7, 11) is 1.62. The Morgan fingerprint density at radius 3 is 2.33 bits per heavy atom. The first kappa shape index (κ1) is 28.5. The summed E-state index contributed by atoms with van der Waals surface area (Å²) >= 11 is 0. The fraction of sp³-hybridized carbons (Fsp3) is 0.278. The molecule has 0 aliphatic carbocycles. The minimum atomic E-state index is -0.422. The number of rotatable bonds is 10. The molecule has 3 heterocycles. The Bertz CT molecular complexity index is 1550. The predicted molar refractivity (Wildman–Crippen MR) is 165 cm³/mol. The van der Waals surface area contributed by atoms with E-state index in [2.05, 4.69) is 10.2 Å². The van der Waals surface area contributed by atoms with Crippen molar-refractivity contribution < 1.29 is 23.8 Å². The number of carbonyl (C=O) groups excluding carboxylic acids is 2. The normalized spacial score (nSPS) is 19.7. The Morgan fingerprint density at radius 1 is 0.930 bits per heavy atom. The minimum Gasteiger partial charge on any atom is -0.496 e. The molecular weight excluding hydrogens is 540 g/mol. The monoisotopic (exact) mass is 576 g/mol. The maximum atomic E-state index is 13.2. The maximum Gasteiger partial charge on any atom is 0.408 e. The highest BCUT2D eigenvalue weighted by Crippen LogP contribution is 2.34. The second-order valence-corrected chi connectivity index (χ2v) is 11.2. The van der Waals surface area contributed by atoms with Gasteiger partial charge in [0.25, 0.3) is 0 Å². The standard InChI is InChI=1S/C36H36N2O5/c1-41-33-21-30(29(23-39)20-32(33)25-9-4-2-5-10-25)24-42-31-14-8-13-28(19-31)35(27-11-6-3-7-12-27)37-36(40)43-34-22-38-17-15-26(34)16-18-38/h2-14,19-21,23,26,34-35H,15-18,22,24H2,1H3,(H,37,40)/t34-,35-/m0/s1. The van der Waals surface area contributed by atoms with E-state index in [1.54, 1.807) is 7.11 Å². The lowest BCUT2D eigenvalue weighted by molar-refractivity contribution is -0.0336. The first-order valence-electron chi connectivity index (χ1n) is 14.8. The van der Waals surface area contributed by atoms with Gasteiger partial charge in [0.05, 0.1) is 13.2 Å². The number of hydrogen-bond donors (Lipinski definition) is 1. The molecule has 43 heavy (non-hydrogen) atoms. The molecule has 0 unspecified atom stereocenters. The molecule has 0 aromatic heterocycles. The van der Waals surface area contributed by atoms with E-state index in [1.165, 1.54) is 0 Å². The van der Waals surface area contributed by atoms with Crippen molar-refractivity contribution in [1.82, 2.24) is 10.2 Å². The first-order valence-corrected chi connectivity index (χ1v) is 14.8. The molecule has 3 saturated heterocycles. The maximum absolute atomic E-state index is 13.2. The summed E-state index contributed by atoms with van der Waals surface area (Å²) in [5.74, 6) is 1.72. The third-order valence-electron chi connectivity index (χ3n) is 8.51. The highest BCUT2D eigenvalue weighted by molar-refractivity contribution is 5.83. The van der Waals surface area contributed by atoms with E-state index in [9.17, 15) is 9.59 Å². The van der Waals surface area contributed by atoms with Crippen molar-refractivity contribution in [3.05, 3.63) is 119 Å². The van der Waals surface area contributed by atoms with Gasteiger partial charge in [0.1, 0.15) is 30.5 Å². The SMILES string of the molecule is COc1cc(COc2cccc([C@@H](NC(=O)O[C@H]3CN4CCC3CC4)c3ccccc3)c2)c(C=O)cc1-c1ccccc1. The van der Waals surface area contributed by atoms with Gasteiger partial charge in [-0.15, -0.1) is 0 Å². The van der Waals surface area contributed by atoms with Crippen LogP contribution >= 0.6 is 0 Å². The van der Waals surface area contributed by atoms with Crippen LogP contribution in [0.1, 0.15) is 45.9 Å². The highest BCUT2D eigenvalue weighted by Gasteiger charge is 2.36. The smallest absolute Gasteiger partial charge is 0.408 e. The quantitative estimate of drug-likeness (QED) is 0.213. The molecule has 2 atom stereocenters. The van der Waals surface area contributed by atoms with Crippen LogP contribution in [0.5, 0.6) is 11.5 Å². The van der Waals surface area contributed by atoms with Crippen LogP contribution in [-0.4, -0.2) is 50.1 Å². The van der Waals surface area contributed by atoms with Crippen molar-refractivity contribution in [3.63, 3.8) is 0 Å². The van der Waals surface area contributed by atoms with Crippen LogP contribution in [0.3, 0.4) is 0 Å². The lowest BCUT2D eigenvalue weighted by Gasteiger charge is -2.43. The molecule has 3 aliphatic heterocycles. The summed E-state index contributed by atoms with van der Waals surface area (Å²) in [5, 5.41) is 3.11. The van der Waals surface area contributed by atoms with Gasteiger partial charge >= 0.3 is 6.09 Å². The highest BCUT2D eigenvalue weighted by atomic mass is 16.6. The number of amides is 1. The fourth-order valence-electron chi connectivity index (χ4n) is 6.17. The van der Waals surface area contributed by atoms with Crippen molar-refractivity contribution in [3.8, 4) is 22.6 Å². The Labute approximate surface area is 252 Å². The number of benzene rings is 4. The van der Waals surface area contributed by atoms with Gasteiger partial charge < -0.3 is 19.5 Å². The summed E-state index contributed by atoms with van der Waals surface area (Å²) in [6, 6.07) is 30.6. The lowest BCUT2D eigenvalue weighted by Crippen LogP contribution is -2.52. The molecule has 7 heteroatoms. The Kier molecular flexibility index (Phi) is 8.70. The average Bonchev–Trinajstić information content (AvgIpc) is 3.07. The zero-order valence-corrected chi connectivity index (χ0v) is 24.3. The van der Waals surface area contributed by atoms with E-state index < -0.39 is 12.1 Å². The number of carbonyl (C=O) groups is 2. The predicted octanol–water partition coefficient (Wildman–Crippen LogP) is 6.66. The van der Waals surface area contributed by atoms with Crippen molar-refractivity contribution in [1.29, 1.82) is 0 Å². The number of hydrogen-bond acceptors (Lipinski definition) is 6. The first-order chi connectivity index (χ1) is 21.1. The molecule has 3 fully saturated rings. The van der Waals surface area contributed by atoms with Crippen LogP contribution in [0.15, 0.2) is 97.1 Å². The van der Waals surface area contributed by atoms with Gasteiger partial charge in [0.2, 0.25) is 0 Å². The topological polar surface area (TPSA) is 77.1 Å². The summed E-state index contributed by atoms with van der Waals surface area (Å²) in [6.45, 7) is 3.15. The van der Waals surface area contributed by atoms with Crippen molar-refractivity contribution in [2.24, 2.45) is 5.92 Å². The third kappa shape index (κ3) is 6.57. The molecular formula is C36H36N2O5. The number of fused-ring (bicyclic) bond motifs is 3. The van der Waals surface area contributed by atoms with Gasteiger partial charge in [-0.25, -0.2) is 4.79 Å². The molecule has 3 aliphatic rings. The van der Waals surface area contributed by atoms with Gasteiger partial charge in [0.15, 0.2) is 0 Å². The van der Waals surface area contributed by atoms with Crippen LogP contribution in [0.2, 0.25) is 0 Å². The third-order valence-corrected chi connectivity index (χ3v) is 8.51. The molecule has 4 aromatic carbocycles. The number of methoxy groups -OCH3 is 1. The van der Waals surface area contributed by atoms with E-state index in [0.29, 0.717) is 23.0 Å². The Hall–Kier alpha value is -4.62. The van der Waals surface area contributed by atoms with E-state index in [1.807, 2.05) is 97.1 Å². The molecule has 0 spiro atoms. The van der Waals surface area contributed by atoms with Crippen LogP contribution < -0.4 is 14.8 Å². The zero-order chi connectivity index (χ0) is 29.6. The van der Waals surface area contributed by atoms with Crippen molar-refractivity contribution >= 4 is 12.4 Å². The summed E-state index contributed by atoms with van der Waals surface area (Å²) in [4.78, 5) is 27.6. The van der Waals surface area contributed by atoms with E-state index in [4.69, 9.17) is 14.2 Å². The number of alkyl carbamates (subject to hydrolysis) is 1. The number of aldehydes is 1. The Morgan fingerprint density at radius 2 is 1.65 bits per heavy atom. The van der Waals surface area contributed by atoms with E-state index >= 15 is 0 Å². The molecule has 7 nitrogen and oxygen atoms in total. The zero-order valence-electron chi connectivity index (χ0n) is 24.3. The van der Waals surface area contributed by atoms with Gasteiger partial charge in [-0.2, -0.15) is 0 Å².